The third kappa shape index (κ3) is 2.36. The summed E-state index contributed by atoms with van der Waals surface area (Å²) in [5.74, 6) is -2.21. The fourth-order valence-electron chi connectivity index (χ4n) is 1.46. The lowest BCUT2D eigenvalue weighted by Gasteiger charge is -2.26. The predicted molar refractivity (Wildman–Crippen MR) is 52.8 cm³/mol. The normalized spacial score (nSPS) is 15.6. The van der Waals surface area contributed by atoms with Gasteiger partial charge in [-0.15, -0.1) is 0 Å². The Morgan fingerprint density at radius 1 is 1.44 bits per heavy atom. The summed E-state index contributed by atoms with van der Waals surface area (Å²) in [5.41, 5.74) is 0.0674. The van der Waals surface area contributed by atoms with Gasteiger partial charge >= 0.3 is 0 Å². The van der Waals surface area contributed by atoms with Crippen molar-refractivity contribution in [3.63, 3.8) is 0 Å². The van der Waals surface area contributed by atoms with Gasteiger partial charge in [-0.1, -0.05) is 12.1 Å². The molecule has 0 atom stereocenters. The molecule has 0 bridgehead atoms. The molecule has 16 heavy (non-hydrogen) atoms. The first-order chi connectivity index (χ1) is 7.66. The Kier molecular flexibility index (Phi) is 3.14. The van der Waals surface area contributed by atoms with Gasteiger partial charge in [-0.05, 0) is 6.07 Å². The summed E-state index contributed by atoms with van der Waals surface area (Å²) in [6.07, 6.45) is -0.153. The Hall–Kier alpha value is -1.49. The van der Waals surface area contributed by atoms with Crippen LogP contribution in [-0.2, 0) is 16.0 Å². The van der Waals surface area contributed by atoms with Gasteiger partial charge in [0.15, 0.2) is 11.6 Å². The minimum absolute atomic E-state index is 0.00382. The number of ether oxygens (including phenoxy) is 1. The molecule has 0 aliphatic carbocycles. The van der Waals surface area contributed by atoms with Crippen LogP contribution >= 0.6 is 0 Å². The van der Waals surface area contributed by atoms with Crippen molar-refractivity contribution in [1.29, 1.82) is 0 Å². The largest absolute Gasteiger partial charge is 0.377 e. The minimum atomic E-state index is -0.956. The van der Waals surface area contributed by atoms with E-state index in [1.54, 1.807) is 0 Å². The molecule has 0 saturated carbocycles. The Bertz CT molecular complexity index is 405. The first-order valence-electron chi connectivity index (χ1n) is 4.97. The number of nitrogens with one attached hydrogen (secondary N) is 1. The molecule has 1 aromatic rings. The second kappa shape index (κ2) is 4.57. The highest BCUT2D eigenvalue weighted by Gasteiger charge is 2.21. The van der Waals surface area contributed by atoms with Crippen molar-refractivity contribution < 1.29 is 18.3 Å². The second-order valence-electron chi connectivity index (χ2n) is 3.69. The molecule has 3 nitrogen and oxygen atoms in total. The third-order valence-corrected chi connectivity index (χ3v) is 2.39. The average molecular weight is 227 g/mol. The summed E-state index contributed by atoms with van der Waals surface area (Å²) in [4.78, 5) is 11.4. The van der Waals surface area contributed by atoms with Crippen LogP contribution < -0.4 is 5.32 Å². The smallest absolute Gasteiger partial charge is 0.224 e. The highest BCUT2D eigenvalue weighted by molar-refractivity contribution is 5.79. The molecule has 1 aliphatic heterocycles. The number of carbonyl (C=O) groups is 1. The number of benzene rings is 1. The number of halogens is 2. The quantitative estimate of drug-likeness (QED) is 0.837. The fourth-order valence-corrected chi connectivity index (χ4v) is 1.46. The van der Waals surface area contributed by atoms with Crippen LogP contribution in [0.1, 0.15) is 5.56 Å². The molecular weight excluding hydrogens is 216 g/mol. The second-order valence-corrected chi connectivity index (χ2v) is 3.69. The zero-order chi connectivity index (χ0) is 11.5. The number of carbonyl (C=O) groups excluding carboxylic acids is 1. The van der Waals surface area contributed by atoms with Gasteiger partial charge in [0.2, 0.25) is 5.91 Å². The van der Waals surface area contributed by atoms with Gasteiger partial charge in [0.05, 0.1) is 25.7 Å². The van der Waals surface area contributed by atoms with Crippen molar-refractivity contribution >= 4 is 5.91 Å². The van der Waals surface area contributed by atoms with Crippen LogP contribution in [-0.4, -0.2) is 25.2 Å². The molecule has 1 heterocycles. The number of hydrogen-bond acceptors (Lipinski definition) is 2. The molecule has 1 aliphatic rings. The summed E-state index contributed by atoms with van der Waals surface area (Å²) in [6.45, 7) is 0.967. The Morgan fingerprint density at radius 2 is 2.19 bits per heavy atom. The number of hydrogen-bond donors (Lipinski definition) is 1. The fraction of sp³-hybridized carbons (Fsp3) is 0.364. The highest BCUT2D eigenvalue weighted by Crippen LogP contribution is 2.12. The van der Waals surface area contributed by atoms with Gasteiger partial charge in [-0.2, -0.15) is 0 Å². The van der Waals surface area contributed by atoms with E-state index >= 15 is 0 Å². The van der Waals surface area contributed by atoms with Gasteiger partial charge in [0.1, 0.15) is 0 Å². The van der Waals surface area contributed by atoms with Gasteiger partial charge < -0.3 is 10.1 Å². The highest BCUT2D eigenvalue weighted by atomic mass is 19.2. The predicted octanol–water partition coefficient (Wildman–Crippen LogP) is 1.02. The van der Waals surface area contributed by atoms with Gasteiger partial charge in [-0.25, -0.2) is 8.78 Å². The Balaban J connectivity index is 1.97. The molecule has 0 aromatic heterocycles. The van der Waals surface area contributed by atoms with E-state index in [-0.39, 0.29) is 23.9 Å². The van der Waals surface area contributed by atoms with E-state index in [0.717, 1.165) is 6.07 Å². The van der Waals surface area contributed by atoms with Crippen LogP contribution in [0.3, 0.4) is 0 Å². The van der Waals surface area contributed by atoms with E-state index in [1.165, 1.54) is 12.1 Å². The van der Waals surface area contributed by atoms with E-state index in [9.17, 15) is 13.6 Å². The topological polar surface area (TPSA) is 38.3 Å². The van der Waals surface area contributed by atoms with Crippen molar-refractivity contribution in [3.05, 3.63) is 35.4 Å². The van der Waals surface area contributed by atoms with E-state index < -0.39 is 11.6 Å². The molecule has 2 rings (SSSR count). The monoisotopic (exact) mass is 227 g/mol. The van der Waals surface area contributed by atoms with Crippen LogP contribution in [0, 0.1) is 11.6 Å². The molecule has 1 saturated heterocycles. The minimum Gasteiger partial charge on any atom is -0.377 e. The maximum absolute atomic E-state index is 13.2. The Labute approximate surface area is 91.4 Å². The summed E-state index contributed by atoms with van der Waals surface area (Å²) >= 11 is 0. The number of rotatable bonds is 3. The summed E-state index contributed by atoms with van der Waals surface area (Å²) in [5, 5.41) is 2.66. The van der Waals surface area contributed by atoms with E-state index in [2.05, 4.69) is 5.32 Å². The van der Waals surface area contributed by atoms with Crippen LogP contribution in [0.4, 0.5) is 8.78 Å². The molecule has 0 unspecified atom stereocenters. The molecule has 86 valence electrons. The van der Waals surface area contributed by atoms with Crippen LogP contribution in [0.15, 0.2) is 18.2 Å². The van der Waals surface area contributed by atoms with Crippen molar-refractivity contribution in [3.8, 4) is 0 Å². The van der Waals surface area contributed by atoms with Crippen LogP contribution in [0.2, 0.25) is 0 Å². The lowest BCUT2D eigenvalue weighted by atomic mass is 10.1. The standard InChI is InChI=1S/C11H11F2NO2/c12-9-3-1-2-7(11(9)13)4-10(15)14-8-5-16-6-8/h1-3,8H,4-6H2,(H,14,15). The maximum Gasteiger partial charge on any atom is 0.224 e. The van der Waals surface area contributed by atoms with E-state index in [0.29, 0.717) is 13.2 Å². The summed E-state index contributed by atoms with van der Waals surface area (Å²) < 4.78 is 30.9. The molecule has 1 aromatic carbocycles. The number of amides is 1. The van der Waals surface area contributed by atoms with Crippen LogP contribution in [0.5, 0.6) is 0 Å². The zero-order valence-corrected chi connectivity index (χ0v) is 8.50. The molecule has 0 spiro atoms. The van der Waals surface area contributed by atoms with Gasteiger partial charge in [0, 0.05) is 5.56 Å². The summed E-state index contributed by atoms with van der Waals surface area (Å²) in [7, 11) is 0. The van der Waals surface area contributed by atoms with Crippen molar-refractivity contribution in [1.82, 2.24) is 5.32 Å². The molecule has 0 radical (unpaired) electrons. The van der Waals surface area contributed by atoms with Crippen LogP contribution in [0.25, 0.3) is 0 Å². The lowest BCUT2D eigenvalue weighted by Crippen LogP contribution is -2.49. The van der Waals surface area contributed by atoms with Crippen molar-refractivity contribution in [2.75, 3.05) is 13.2 Å². The van der Waals surface area contributed by atoms with E-state index in [1.807, 2.05) is 0 Å². The first-order valence-corrected chi connectivity index (χ1v) is 4.97. The lowest BCUT2D eigenvalue weighted by molar-refractivity contribution is -0.124. The molecular formula is C11H11F2NO2. The Morgan fingerprint density at radius 3 is 2.81 bits per heavy atom. The maximum atomic E-state index is 13.2. The van der Waals surface area contributed by atoms with Gasteiger partial charge in [-0.3, -0.25) is 4.79 Å². The molecule has 1 N–H and O–H groups in total. The van der Waals surface area contributed by atoms with Crippen molar-refractivity contribution in [2.24, 2.45) is 0 Å². The summed E-state index contributed by atoms with van der Waals surface area (Å²) in [6, 6.07) is 3.81. The first kappa shape index (κ1) is 11.0. The molecule has 5 heteroatoms. The third-order valence-electron chi connectivity index (χ3n) is 2.39. The zero-order valence-electron chi connectivity index (χ0n) is 8.50. The SMILES string of the molecule is O=C(Cc1cccc(F)c1F)NC1COC1. The van der Waals surface area contributed by atoms with Crippen molar-refractivity contribution in [2.45, 2.75) is 12.5 Å². The van der Waals surface area contributed by atoms with E-state index in [4.69, 9.17) is 4.74 Å². The average Bonchev–Trinajstić information content (AvgIpc) is 2.19. The van der Waals surface area contributed by atoms with Gasteiger partial charge in [0.25, 0.3) is 0 Å². The molecule has 1 amide bonds. The molecule has 1 fully saturated rings.